The topological polar surface area (TPSA) is 60.8 Å². The highest BCUT2D eigenvalue weighted by atomic mass is 35.5. The number of nitrogens with two attached hydrogens (primary N) is 2. The predicted molar refractivity (Wildman–Crippen MR) is 64.6 cm³/mol. The Kier molecular flexibility index (Phi) is 4.40. The van der Waals surface area contributed by atoms with Gasteiger partial charge < -0.3 is 23.9 Å². The number of hydrogen-bond donors (Lipinski definition) is 2. The number of anilines is 2. The number of imidazole rings is 1. The summed E-state index contributed by atoms with van der Waals surface area (Å²) in [5.74, 6) is 0. The van der Waals surface area contributed by atoms with Crippen LogP contribution in [-0.4, -0.2) is 4.57 Å². The largest absolute Gasteiger partial charge is 1.00 e. The molecular weight excluding hydrogens is 236 g/mol. The average Bonchev–Trinajstić information content (AvgIpc) is 2.63. The van der Waals surface area contributed by atoms with Gasteiger partial charge in [0.1, 0.15) is 12.4 Å². The van der Waals surface area contributed by atoms with Gasteiger partial charge >= 0.3 is 0 Å². The van der Waals surface area contributed by atoms with Gasteiger partial charge in [0, 0.05) is 17.8 Å². The van der Waals surface area contributed by atoms with Gasteiger partial charge in [-0.3, -0.25) is 0 Å². The Hall–Kier alpha value is -1.68. The van der Waals surface area contributed by atoms with Crippen molar-refractivity contribution in [3.63, 3.8) is 0 Å². The van der Waals surface area contributed by atoms with Gasteiger partial charge in [0.25, 0.3) is 0 Å². The van der Waals surface area contributed by atoms with E-state index in [1.54, 1.807) is 0 Å². The summed E-state index contributed by atoms with van der Waals surface area (Å²) >= 11 is 0. The molecule has 0 aliphatic heterocycles. The van der Waals surface area contributed by atoms with Crippen LogP contribution in [0.1, 0.15) is 5.56 Å². The van der Waals surface area contributed by atoms with E-state index < -0.39 is 0 Å². The number of rotatable bonds is 3. The molecular formula is C12H17ClN4. The summed E-state index contributed by atoms with van der Waals surface area (Å²) in [4.78, 5) is 0. The number of hydrogen-bond acceptors (Lipinski definition) is 2. The molecule has 1 heterocycles. The van der Waals surface area contributed by atoms with E-state index in [1.807, 2.05) is 48.5 Å². The molecule has 2 aromatic rings. The molecule has 4 N–H and O–H groups in total. The molecule has 0 radical (unpaired) electrons. The third kappa shape index (κ3) is 3.39. The normalized spacial score (nSPS) is 9.94. The second-order valence-electron chi connectivity index (χ2n) is 4.03. The van der Waals surface area contributed by atoms with Crippen LogP contribution in [0.3, 0.4) is 0 Å². The van der Waals surface area contributed by atoms with Crippen molar-refractivity contribution < 1.29 is 17.0 Å². The predicted octanol–water partition coefficient (Wildman–Crippen LogP) is -2.28. The molecule has 0 saturated carbocycles. The monoisotopic (exact) mass is 252 g/mol. The van der Waals surface area contributed by atoms with Gasteiger partial charge in [-0.25, -0.2) is 9.13 Å². The number of aromatic nitrogens is 2. The van der Waals surface area contributed by atoms with Gasteiger partial charge in [-0.1, -0.05) is 6.07 Å². The summed E-state index contributed by atoms with van der Waals surface area (Å²) in [7, 11) is 2.01. The first-order chi connectivity index (χ1) is 7.65. The Labute approximate surface area is 107 Å². The van der Waals surface area contributed by atoms with Crippen molar-refractivity contribution in [1.29, 1.82) is 0 Å². The molecule has 0 fully saturated rings. The van der Waals surface area contributed by atoms with Crippen LogP contribution in [0.15, 0.2) is 36.9 Å². The van der Waals surface area contributed by atoms with Crippen molar-refractivity contribution in [2.75, 3.05) is 11.5 Å². The van der Waals surface area contributed by atoms with Crippen LogP contribution in [0.25, 0.3) is 0 Å². The lowest BCUT2D eigenvalue weighted by atomic mass is 10.1. The number of halogens is 1. The van der Waals surface area contributed by atoms with Crippen LogP contribution in [0.5, 0.6) is 0 Å². The molecule has 0 saturated heterocycles. The zero-order valence-electron chi connectivity index (χ0n) is 9.81. The molecule has 0 amide bonds. The van der Waals surface area contributed by atoms with Gasteiger partial charge in [-0.15, -0.1) is 0 Å². The quantitative estimate of drug-likeness (QED) is 0.478. The van der Waals surface area contributed by atoms with Crippen molar-refractivity contribution in [3.05, 3.63) is 42.5 Å². The van der Waals surface area contributed by atoms with Crippen molar-refractivity contribution in [2.45, 2.75) is 13.0 Å². The van der Waals surface area contributed by atoms with Gasteiger partial charge in [0.15, 0.2) is 0 Å². The van der Waals surface area contributed by atoms with E-state index in [1.165, 1.54) is 0 Å². The fraction of sp³-hybridized carbons (Fsp3) is 0.250. The first kappa shape index (κ1) is 13.4. The fourth-order valence-electron chi connectivity index (χ4n) is 1.72. The van der Waals surface area contributed by atoms with E-state index in [4.69, 9.17) is 11.5 Å². The highest BCUT2D eigenvalue weighted by molar-refractivity contribution is 5.56. The van der Waals surface area contributed by atoms with Gasteiger partial charge in [-0.2, -0.15) is 0 Å². The number of benzene rings is 1. The molecule has 2 rings (SSSR count). The minimum Gasteiger partial charge on any atom is -1.00 e. The molecule has 4 nitrogen and oxygen atoms in total. The fourth-order valence-corrected chi connectivity index (χ4v) is 1.72. The zero-order valence-corrected chi connectivity index (χ0v) is 10.6. The second-order valence-corrected chi connectivity index (χ2v) is 4.03. The number of nitrogens with zero attached hydrogens (tertiary/aromatic N) is 2. The maximum Gasteiger partial charge on any atom is 0.243 e. The summed E-state index contributed by atoms with van der Waals surface area (Å²) in [6, 6.07) is 5.69. The Balaban J connectivity index is 0.00000144. The summed E-state index contributed by atoms with van der Waals surface area (Å²) < 4.78 is 4.15. The Bertz CT molecular complexity index is 493. The molecule has 0 bridgehead atoms. The smallest absolute Gasteiger partial charge is 0.243 e. The van der Waals surface area contributed by atoms with Crippen molar-refractivity contribution in [2.24, 2.45) is 7.05 Å². The zero-order chi connectivity index (χ0) is 11.5. The molecule has 0 atom stereocenters. The Morgan fingerprint density at radius 3 is 2.65 bits per heavy atom. The average molecular weight is 253 g/mol. The van der Waals surface area contributed by atoms with Gasteiger partial charge in [-0.05, 0) is 17.7 Å². The van der Waals surface area contributed by atoms with E-state index >= 15 is 0 Å². The highest BCUT2D eigenvalue weighted by Crippen LogP contribution is 2.16. The number of aryl methyl sites for hydroxylation is 3. The molecule has 0 unspecified atom stereocenters. The van der Waals surface area contributed by atoms with E-state index in [0.717, 1.165) is 24.2 Å². The minimum atomic E-state index is 0. The molecule has 17 heavy (non-hydrogen) atoms. The lowest BCUT2D eigenvalue weighted by Crippen LogP contribution is -3.00. The first-order valence-corrected chi connectivity index (χ1v) is 5.30. The number of nitrogen functional groups attached to an aromatic ring is 2. The van der Waals surface area contributed by atoms with E-state index in [9.17, 15) is 0 Å². The molecule has 0 spiro atoms. The van der Waals surface area contributed by atoms with Crippen LogP contribution in [0, 0.1) is 0 Å². The van der Waals surface area contributed by atoms with Crippen LogP contribution < -0.4 is 28.4 Å². The molecule has 0 aliphatic rings. The summed E-state index contributed by atoms with van der Waals surface area (Å²) in [5, 5.41) is 0. The van der Waals surface area contributed by atoms with E-state index in [2.05, 4.69) is 4.57 Å². The SMILES string of the molecule is C[n+]1ccn(CCc2ccc(N)cc2N)c1.[Cl-]. The second kappa shape index (κ2) is 5.59. The van der Waals surface area contributed by atoms with Crippen LogP contribution in [-0.2, 0) is 20.0 Å². The van der Waals surface area contributed by atoms with Crippen LogP contribution in [0.4, 0.5) is 11.4 Å². The van der Waals surface area contributed by atoms with Crippen LogP contribution >= 0.6 is 0 Å². The summed E-state index contributed by atoms with van der Waals surface area (Å²) in [6.45, 7) is 0.926. The molecule has 1 aromatic heterocycles. The highest BCUT2D eigenvalue weighted by Gasteiger charge is 2.03. The maximum atomic E-state index is 5.90. The van der Waals surface area contributed by atoms with E-state index in [-0.39, 0.29) is 12.4 Å². The standard InChI is InChI=1S/C12H17N4.ClH/c1-15-6-7-16(9-15)5-4-10-2-3-11(13)8-12(10)14;/h2-3,6-9H,4-5,13-14H2,1H3;1H/q+1;/p-1. The molecule has 1 aromatic carbocycles. The van der Waals surface area contributed by atoms with Gasteiger partial charge in [0.05, 0.1) is 13.6 Å². The Morgan fingerprint density at radius 1 is 1.29 bits per heavy atom. The van der Waals surface area contributed by atoms with Crippen molar-refractivity contribution in [1.82, 2.24) is 4.57 Å². The summed E-state index contributed by atoms with van der Waals surface area (Å²) in [5.41, 5.74) is 14.2. The lowest BCUT2D eigenvalue weighted by Gasteiger charge is -2.04. The molecule has 92 valence electrons. The van der Waals surface area contributed by atoms with Crippen molar-refractivity contribution >= 4 is 11.4 Å². The molecule has 0 aliphatic carbocycles. The van der Waals surface area contributed by atoms with Gasteiger partial charge in [0.2, 0.25) is 6.33 Å². The van der Waals surface area contributed by atoms with Crippen molar-refractivity contribution in [3.8, 4) is 0 Å². The van der Waals surface area contributed by atoms with E-state index in [0.29, 0.717) is 5.69 Å². The third-order valence-corrected chi connectivity index (χ3v) is 2.63. The maximum absolute atomic E-state index is 5.90. The Morgan fingerprint density at radius 2 is 2.06 bits per heavy atom. The lowest BCUT2D eigenvalue weighted by molar-refractivity contribution is -0.671. The molecule has 5 heteroatoms. The first-order valence-electron chi connectivity index (χ1n) is 5.30. The summed E-state index contributed by atoms with van der Waals surface area (Å²) in [6.07, 6.45) is 7.04. The van der Waals surface area contributed by atoms with Crippen LogP contribution in [0.2, 0.25) is 0 Å². The third-order valence-electron chi connectivity index (χ3n) is 2.63. The minimum absolute atomic E-state index is 0.